The molecule has 7 heteroatoms. The molecule has 1 heterocycles. The number of hydrogen-bond acceptors (Lipinski definition) is 6. The van der Waals surface area contributed by atoms with E-state index in [0.29, 0.717) is 27.5 Å². The van der Waals surface area contributed by atoms with E-state index < -0.39 is 12.1 Å². The van der Waals surface area contributed by atoms with Crippen LogP contribution in [0.15, 0.2) is 57.9 Å². The number of benzene rings is 2. The molecule has 1 atom stereocenters. The second-order valence-electron chi connectivity index (χ2n) is 5.40. The summed E-state index contributed by atoms with van der Waals surface area (Å²) in [4.78, 5) is 24.0. The fourth-order valence-electron chi connectivity index (χ4n) is 2.30. The lowest BCUT2D eigenvalue weighted by Gasteiger charge is -2.12. The maximum atomic E-state index is 12.6. The van der Waals surface area contributed by atoms with Crippen LogP contribution in [0.1, 0.15) is 6.92 Å². The molecule has 0 aliphatic heterocycles. The first kappa shape index (κ1) is 17.8. The standard InChI is InChI=1S/C19H15ClO6/c1-11(19(22)23-2)25-12-7-8-13-16(9-12)24-10-17(18(13)21)26-15-6-4-3-5-14(15)20/h3-11H,1-2H3. The molecule has 134 valence electrons. The molecular weight excluding hydrogens is 360 g/mol. The fourth-order valence-corrected chi connectivity index (χ4v) is 2.47. The number of rotatable bonds is 5. The van der Waals surface area contributed by atoms with Crippen molar-refractivity contribution in [1.82, 2.24) is 0 Å². The number of carbonyl (C=O) groups excluding carboxylic acids is 1. The molecule has 0 radical (unpaired) electrons. The van der Waals surface area contributed by atoms with Gasteiger partial charge in [0.25, 0.3) is 0 Å². The summed E-state index contributed by atoms with van der Waals surface area (Å²) in [5, 5.41) is 0.695. The lowest BCUT2D eigenvalue weighted by atomic mass is 10.2. The van der Waals surface area contributed by atoms with Crippen LogP contribution >= 0.6 is 11.6 Å². The van der Waals surface area contributed by atoms with Gasteiger partial charge in [-0.2, -0.15) is 0 Å². The van der Waals surface area contributed by atoms with E-state index >= 15 is 0 Å². The Morgan fingerprint density at radius 3 is 2.65 bits per heavy atom. The molecule has 0 N–H and O–H groups in total. The predicted molar refractivity (Wildman–Crippen MR) is 96.1 cm³/mol. The molecule has 0 saturated carbocycles. The van der Waals surface area contributed by atoms with Crippen LogP contribution in [0, 0.1) is 0 Å². The Morgan fingerprint density at radius 1 is 1.15 bits per heavy atom. The first-order valence-corrected chi connectivity index (χ1v) is 8.10. The Bertz CT molecular complexity index is 1010. The average Bonchev–Trinajstić information content (AvgIpc) is 2.65. The molecule has 1 aromatic heterocycles. The van der Waals surface area contributed by atoms with Crippen LogP contribution in [0.2, 0.25) is 5.02 Å². The van der Waals surface area contributed by atoms with Crippen LogP contribution in [0.25, 0.3) is 11.0 Å². The molecule has 0 fully saturated rings. The molecule has 0 bridgehead atoms. The molecule has 0 amide bonds. The van der Waals surface area contributed by atoms with Gasteiger partial charge in [0.05, 0.1) is 17.5 Å². The molecule has 26 heavy (non-hydrogen) atoms. The molecule has 3 aromatic rings. The van der Waals surface area contributed by atoms with E-state index in [1.54, 1.807) is 43.3 Å². The van der Waals surface area contributed by atoms with Gasteiger partial charge in [-0.15, -0.1) is 0 Å². The number of methoxy groups -OCH3 is 1. The minimum Gasteiger partial charge on any atom is -0.479 e. The summed E-state index contributed by atoms with van der Waals surface area (Å²) in [6, 6.07) is 11.4. The number of ether oxygens (including phenoxy) is 3. The van der Waals surface area contributed by atoms with Crippen LogP contribution in [0.4, 0.5) is 0 Å². The fraction of sp³-hybridized carbons (Fsp3) is 0.158. The van der Waals surface area contributed by atoms with Gasteiger partial charge in [-0.1, -0.05) is 23.7 Å². The minimum atomic E-state index is -0.785. The summed E-state index contributed by atoms with van der Waals surface area (Å²) in [6.45, 7) is 1.56. The summed E-state index contributed by atoms with van der Waals surface area (Å²) >= 11 is 6.04. The smallest absolute Gasteiger partial charge is 0.346 e. The van der Waals surface area contributed by atoms with Crippen molar-refractivity contribution in [3.05, 3.63) is 64.0 Å². The number of hydrogen-bond donors (Lipinski definition) is 0. The Hall–Kier alpha value is -2.99. The van der Waals surface area contributed by atoms with Crippen LogP contribution in [-0.4, -0.2) is 19.2 Å². The third-order valence-electron chi connectivity index (χ3n) is 3.62. The minimum absolute atomic E-state index is 0.0159. The molecule has 0 saturated heterocycles. The van der Waals surface area contributed by atoms with E-state index in [4.69, 9.17) is 25.5 Å². The number of carbonyl (C=O) groups is 1. The van der Waals surface area contributed by atoms with Crippen molar-refractivity contribution >= 4 is 28.5 Å². The molecule has 6 nitrogen and oxygen atoms in total. The van der Waals surface area contributed by atoms with Crippen LogP contribution in [0.3, 0.4) is 0 Å². The third kappa shape index (κ3) is 3.65. The summed E-state index contributed by atoms with van der Waals surface area (Å²) in [5.41, 5.74) is -0.0465. The van der Waals surface area contributed by atoms with Gasteiger partial charge >= 0.3 is 5.97 Å². The van der Waals surface area contributed by atoms with Crippen molar-refractivity contribution in [1.29, 1.82) is 0 Å². The van der Waals surface area contributed by atoms with Gasteiger partial charge < -0.3 is 18.6 Å². The van der Waals surface area contributed by atoms with Crippen molar-refractivity contribution in [3.63, 3.8) is 0 Å². The van der Waals surface area contributed by atoms with E-state index in [1.807, 2.05) is 0 Å². The molecular formula is C19H15ClO6. The van der Waals surface area contributed by atoms with Gasteiger partial charge in [0, 0.05) is 6.07 Å². The lowest BCUT2D eigenvalue weighted by Crippen LogP contribution is -2.24. The predicted octanol–water partition coefficient (Wildman–Crippen LogP) is 4.18. The van der Waals surface area contributed by atoms with Crippen molar-refractivity contribution in [2.24, 2.45) is 0 Å². The maximum Gasteiger partial charge on any atom is 0.346 e. The number of esters is 1. The summed E-state index contributed by atoms with van der Waals surface area (Å²) in [6.07, 6.45) is 0.425. The largest absolute Gasteiger partial charge is 0.479 e. The second-order valence-corrected chi connectivity index (χ2v) is 5.81. The number of fused-ring (bicyclic) bond motifs is 1. The van der Waals surface area contributed by atoms with Gasteiger partial charge in [-0.25, -0.2) is 4.79 Å². The zero-order valence-corrected chi connectivity index (χ0v) is 14.8. The highest BCUT2D eigenvalue weighted by molar-refractivity contribution is 6.32. The molecule has 0 aliphatic carbocycles. The van der Waals surface area contributed by atoms with E-state index in [1.165, 1.54) is 19.4 Å². The number of halogens is 1. The maximum absolute atomic E-state index is 12.6. The highest BCUT2D eigenvalue weighted by atomic mass is 35.5. The van der Waals surface area contributed by atoms with E-state index in [2.05, 4.69) is 4.74 Å². The Morgan fingerprint density at radius 2 is 1.92 bits per heavy atom. The van der Waals surface area contributed by atoms with E-state index in [-0.39, 0.29) is 11.2 Å². The molecule has 1 unspecified atom stereocenters. The van der Waals surface area contributed by atoms with Gasteiger partial charge in [-0.3, -0.25) is 4.79 Å². The van der Waals surface area contributed by atoms with Crippen LogP contribution < -0.4 is 14.9 Å². The highest BCUT2D eigenvalue weighted by Crippen LogP contribution is 2.29. The quantitative estimate of drug-likeness (QED) is 0.624. The zero-order valence-electron chi connectivity index (χ0n) is 14.0. The highest BCUT2D eigenvalue weighted by Gasteiger charge is 2.16. The van der Waals surface area contributed by atoms with Crippen LogP contribution in [-0.2, 0) is 9.53 Å². The summed E-state index contributed by atoms with van der Waals surface area (Å²) in [7, 11) is 1.28. The van der Waals surface area contributed by atoms with Crippen LogP contribution in [0.5, 0.6) is 17.2 Å². The average molecular weight is 375 g/mol. The van der Waals surface area contributed by atoms with Crippen molar-refractivity contribution in [2.45, 2.75) is 13.0 Å². The first-order valence-electron chi connectivity index (χ1n) is 7.72. The Kier molecular flexibility index (Phi) is 5.14. The lowest BCUT2D eigenvalue weighted by molar-refractivity contribution is -0.147. The molecule has 0 spiro atoms. The number of para-hydroxylation sites is 1. The van der Waals surface area contributed by atoms with Gasteiger partial charge in [0.1, 0.15) is 23.3 Å². The van der Waals surface area contributed by atoms with Crippen molar-refractivity contribution in [2.75, 3.05) is 7.11 Å². The SMILES string of the molecule is COC(=O)C(C)Oc1ccc2c(=O)c(Oc3ccccc3Cl)coc2c1. The summed E-state index contributed by atoms with van der Waals surface area (Å²) in [5.74, 6) is 0.239. The Balaban J connectivity index is 1.90. The Labute approximate surface area is 153 Å². The van der Waals surface area contributed by atoms with E-state index in [9.17, 15) is 9.59 Å². The van der Waals surface area contributed by atoms with Crippen molar-refractivity contribution < 1.29 is 23.4 Å². The topological polar surface area (TPSA) is 75.0 Å². The second kappa shape index (κ2) is 7.49. The van der Waals surface area contributed by atoms with Crippen molar-refractivity contribution in [3.8, 4) is 17.2 Å². The third-order valence-corrected chi connectivity index (χ3v) is 3.93. The van der Waals surface area contributed by atoms with Gasteiger partial charge in [0.2, 0.25) is 11.2 Å². The molecule has 2 aromatic carbocycles. The van der Waals surface area contributed by atoms with Gasteiger partial charge in [-0.05, 0) is 31.2 Å². The normalized spacial score (nSPS) is 11.8. The summed E-state index contributed by atoms with van der Waals surface area (Å²) < 4.78 is 21.1. The molecule has 3 rings (SSSR count). The molecule has 0 aliphatic rings. The first-order chi connectivity index (χ1) is 12.5. The van der Waals surface area contributed by atoms with E-state index in [0.717, 1.165) is 0 Å². The zero-order chi connectivity index (χ0) is 18.7. The monoisotopic (exact) mass is 374 g/mol. The van der Waals surface area contributed by atoms with Gasteiger partial charge in [0.15, 0.2) is 6.10 Å².